The summed E-state index contributed by atoms with van der Waals surface area (Å²) < 4.78 is 20.0. The van der Waals surface area contributed by atoms with Gasteiger partial charge in [0.2, 0.25) is 0 Å². The smallest absolute Gasteiger partial charge is 0.167 e. The Kier molecular flexibility index (Phi) is 3.33. The minimum Gasteiger partial charge on any atom is -0.380 e. The zero-order valence-corrected chi connectivity index (χ0v) is 11.3. The van der Waals surface area contributed by atoms with Crippen molar-refractivity contribution in [3.8, 4) is 5.69 Å². The molecule has 0 unspecified atom stereocenters. The molecule has 3 aromatic rings. The molecule has 5 nitrogen and oxygen atoms in total. The second-order valence-electron chi connectivity index (χ2n) is 4.16. The molecule has 102 valence electrons. The number of hydrogen-bond acceptors (Lipinski definition) is 4. The number of ether oxygens (including phenoxy) is 1. The zero-order chi connectivity index (χ0) is 14.1. The van der Waals surface area contributed by atoms with E-state index in [9.17, 15) is 4.39 Å². The lowest BCUT2D eigenvalue weighted by atomic mass is 10.2. The lowest BCUT2D eigenvalue weighted by Crippen LogP contribution is -2.04. The fraction of sp³-hybridized carbons (Fsp3) is 0.154. The van der Waals surface area contributed by atoms with Crippen LogP contribution in [0.2, 0.25) is 5.15 Å². The number of aromatic nitrogens is 4. The largest absolute Gasteiger partial charge is 0.380 e. The molecule has 2 heterocycles. The van der Waals surface area contributed by atoms with E-state index < -0.39 is 0 Å². The van der Waals surface area contributed by atoms with Crippen molar-refractivity contribution >= 4 is 22.6 Å². The average Bonchev–Trinajstić information content (AvgIpc) is 2.85. The Hall–Kier alpha value is -2.05. The first-order chi connectivity index (χ1) is 9.70. The molecule has 0 N–H and O–H groups in total. The van der Waals surface area contributed by atoms with Crippen LogP contribution < -0.4 is 0 Å². The zero-order valence-electron chi connectivity index (χ0n) is 10.5. The van der Waals surface area contributed by atoms with Crippen LogP contribution in [0.4, 0.5) is 4.39 Å². The molecule has 0 saturated heterocycles. The number of methoxy groups -OCH3 is 1. The molecule has 0 bridgehead atoms. The molecule has 0 amide bonds. The Morgan fingerprint density at radius 3 is 3.00 bits per heavy atom. The maximum atomic E-state index is 13.4. The van der Waals surface area contributed by atoms with Gasteiger partial charge in [-0.1, -0.05) is 11.6 Å². The molecule has 3 rings (SSSR count). The molecule has 7 heteroatoms. The van der Waals surface area contributed by atoms with Gasteiger partial charge in [0.05, 0.1) is 23.9 Å². The van der Waals surface area contributed by atoms with Gasteiger partial charge in [0.1, 0.15) is 17.3 Å². The number of fused-ring (bicyclic) bond motifs is 1. The van der Waals surface area contributed by atoms with Gasteiger partial charge < -0.3 is 4.74 Å². The fourth-order valence-corrected chi connectivity index (χ4v) is 2.20. The number of rotatable bonds is 3. The predicted molar refractivity (Wildman–Crippen MR) is 72.3 cm³/mol. The van der Waals surface area contributed by atoms with Crippen LogP contribution in [0.3, 0.4) is 0 Å². The first kappa shape index (κ1) is 13.0. The van der Waals surface area contributed by atoms with E-state index in [-0.39, 0.29) is 12.4 Å². The van der Waals surface area contributed by atoms with E-state index in [4.69, 9.17) is 16.3 Å². The van der Waals surface area contributed by atoms with Crippen molar-refractivity contribution in [1.29, 1.82) is 0 Å². The number of hydrogen-bond donors (Lipinski definition) is 0. The summed E-state index contributed by atoms with van der Waals surface area (Å²) in [6.45, 7) is 0.271. The molecule has 2 aromatic heterocycles. The monoisotopic (exact) mass is 292 g/mol. The molecule has 0 aliphatic carbocycles. The minimum atomic E-state index is -0.329. The second-order valence-corrected chi connectivity index (χ2v) is 4.52. The molecular weight excluding hydrogens is 283 g/mol. The molecule has 0 spiro atoms. The molecule has 0 atom stereocenters. The van der Waals surface area contributed by atoms with Crippen molar-refractivity contribution in [1.82, 2.24) is 19.7 Å². The third-order valence-corrected chi connectivity index (χ3v) is 3.19. The topological polar surface area (TPSA) is 52.8 Å². The Bertz CT molecular complexity index is 774. The first-order valence-electron chi connectivity index (χ1n) is 5.82. The highest BCUT2D eigenvalue weighted by Gasteiger charge is 2.13. The minimum absolute atomic E-state index is 0.271. The molecule has 1 aromatic carbocycles. The van der Waals surface area contributed by atoms with Gasteiger partial charge in [-0.25, -0.2) is 19.0 Å². The predicted octanol–water partition coefficient (Wildman–Crippen LogP) is 2.75. The standard InChI is InChI=1S/C13H10ClFN4O/c1-20-6-8-4-9(15)2-3-11(8)19-13-10(5-18-19)12(14)16-7-17-13/h2-5,7H,6H2,1H3. The van der Waals surface area contributed by atoms with Gasteiger partial charge in [-0.2, -0.15) is 5.10 Å². The molecule has 0 aliphatic heterocycles. The van der Waals surface area contributed by atoms with Gasteiger partial charge in [0, 0.05) is 12.7 Å². The van der Waals surface area contributed by atoms with Crippen molar-refractivity contribution in [2.75, 3.05) is 7.11 Å². The van der Waals surface area contributed by atoms with Crippen molar-refractivity contribution < 1.29 is 9.13 Å². The Morgan fingerprint density at radius 2 is 2.20 bits per heavy atom. The first-order valence-corrected chi connectivity index (χ1v) is 6.20. The summed E-state index contributed by atoms with van der Waals surface area (Å²) in [4.78, 5) is 8.08. The summed E-state index contributed by atoms with van der Waals surface area (Å²) in [5, 5.41) is 5.22. The van der Waals surface area contributed by atoms with Crippen LogP contribution in [0.15, 0.2) is 30.7 Å². The van der Waals surface area contributed by atoms with Gasteiger partial charge in [-0.3, -0.25) is 0 Å². The van der Waals surface area contributed by atoms with Gasteiger partial charge in [-0.15, -0.1) is 0 Å². The maximum Gasteiger partial charge on any atom is 0.167 e. The van der Waals surface area contributed by atoms with Crippen LogP contribution >= 0.6 is 11.6 Å². The van der Waals surface area contributed by atoms with E-state index in [1.54, 1.807) is 24.1 Å². The number of halogens is 2. The summed E-state index contributed by atoms with van der Waals surface area (Å²) >= 11 is 5.99. The Balaban J connectivity index is 2.23. The molecule has 0 saturated carbocycles. The van der Waals surface area contributed by atoms with E-state index in [0.29, 0.717) is 27.4 Å². The fourth-order valence-electron chi connectivity index (χ4n) is 2.02. The van der Waals surface area contributed by atoms with Crippen LogP contribution in [0.5, 0.6) is 0 Å². The summed E-state index contributed by atoms with van der Waals surface area (Å²) in [5.41, 5.74) is 1.93. The summed E-state index contributed by atoms with van der Waals surface area (Å²) in [7, 11) is 1.55. The van der Waals surface area contributed by atoms with E-state index in [2.05, 4.69) is 15.1 Å². The Labute approximate surface area is 119 Å². The summed E-state index contributed by atoms with van der Waals surface area (Å²) in [5.74, 6) is -0.329. The third-order valence-electron chi connectivity index (χ3n) is 2.89. The van der Waals surface area contributed by atoms with Gasteiger partial charge >= 0.3 is 0 Å². The van der Waals surface area contributed by atoms with E-state index in [0.717, 1.165) is 0 Å². The van der Waals surface area contributed by atoms with Gasteiger partial charge in [0.15, 0.2) is 5.65 Å². The third kappa shape index (κ3) is 2.13. The molecule has 0 radical (unpaired) electrons. The maximum absolute atomic E-state index is 13.4. The molecular formula is C13H10ClFN4O. The van der Waals surface area contributed by atoms with E-state index >= 15 is 0 Å². The highest BCUT2D eigenvalue weighted by molar-refractivity contribution is 6.33. The van der Waals surface area contributed by atoms with E-state index in [1.807, 2.05) is 0 Å². The number of nitrogens with zero attached hydrogens (tertiary/aromatic N) is 4. The normalized spacial score (nSPS) is 11.2. The van der Waals surface area contributed by atoms with Crippen molar-refractivity contribution in [2.45, 2.75) is 6.61 Å². The number of benzene rings is 1. The lowest BCUT2D eigenvalue weighted by Gasteiger charge is -2.09. The average molecular weight is 293 g/mol. The summed E-state index contributed by atoms with van der Waals surface area (Å²) in [6.07, 6.45) is 2.94. The molecule has 20 heavy (non-hydrogen) atoms. The van der Waals surface area contributed by atoms with Crippen LogP contribution in [-0.2, 0) is 11.3 Å². The van der Waals surface area contributed by atoms with Crippen molar-refractivity contribution in [3.05, 3.63) is 47.3 Å². The highest BCUT2D eigenvalue weighted by atomic mass is 35.5. The Morgan fingerprint density at radius 1 is 1.35 bits per heavy atom. The van der Waals surface area contributed by atoms with Crippen LogP contribution in [-0.4, -0.2) is 26.9 Å². The quantitative estimate of drug-likeness (QED) is 0.697. The van der Waals surface area contributed by atoms with Crippen LogP contribution in [0, 0.1) is 5.82 Å². The molecule has 0 fully saturated rings. The molecule has 0 aliphatic rings. The van der Waals surface area contributed by atoms with Crippen LogP contribution in [0.1, 0.15) is 5.56 Å². The second kappa shape index (κ2) is 5.15. The van der Waals surface area contributed by atoms with Crippen molar-refractivity contribution in [2.24, 2.45) is 0 Å². The SMILES string of the molecule is COCc1cc(F)ccc1-n1ncc2c(Cl)ncnc21. The highest BCUT2D eigenvalue weighted by Crippen LogP contribution is 2.24. The summed E-state index contributed by atoms with van der Waals surface area (Å²) in [6, 6.07) is 4.41. The lowest BCUT2D eigenvalue weighted by molar-refractivity contribution is 0.184. The van der Waals surface area contributed by atoms with Gasteiger partial charge in [0.25, 0.3) is 0 Å². The van der Waals surface area contributed by atoms with Gasteiger partial charge in [-0.05, 0) is 18.2 Å². The van der Waals surface area contributed by atoms with Crippen LogP contribution in [0.25, 0.3) is 16.7 Å². The van der Waals surface area contributed by atoms with E-state index in [1.165, 1.54) is 18.5 Å². The van der Waals surface area contributed by atoms with Crippen molar-refractivity contribution in [3.63, 3.8) is 0 Å².